The van der Waals surface area contributed by atoms with Crippen LogP contribution in [-0.4, -0.2) is 25.4 Å². The van der Waals surface area contributed by atoms with Crippen molar-refractivity contribution in [3.63, 3.8) is 0 Å². The molecule has 4 heteroatoms. The maximum Gasteiger partial charge on any atom is 0.102 e. The molecule has 0 bridgehead atoms. The summed E-state index contributed by atoms with van der Waals surface area (Å²) in [6.45, 7) is 5.31. The molecule has 2 N–H and O–H groups in total. The quantitative estimate of drug-likeness (QED) is 0.811. The maximum absolute atomic E-state index is 9.35. The number of thioether (sulfide) groups is 1. The number of piperidine rings is 1. The monoisotopic (exact) mass is 275 g/mol. The number of nitrogens with one attached hydrogen (secondary N) is 2. The van der Waals surface area contributed by atoms with Gasteiger partial charge in [0.05, 0.1) is 11.3 Å². The lowest BCUT2D eigenvalue weighted by Crippen LogP contribution is -2.31. The van der Waals surface area contributed by atoms with Crippen molar-refractivity contribution in [1.29, 1.82) is 5.26 Å². The summed E-state index contributed by atoms with van der Waals surface area (Å²) in [5.74, 6) is 1.71. The lowest BCUT2D eigenvalue weighted by Gasteiger charge is -2.23. The van der Waals surface area contributed by atoms with E-state index in [0.29, 0.717) is 0 Å². The van der Waals surface area contributed by atoms with Crippen LogP contribution < -0.4 is 10.6 Å². The number of hydrogen-bond acceptors (Lipinski definition) is 4. The Kier molecular flexibility index (Phi) is 5.56. The average molecular weight is 275 g/mol. The SMILES string of the molecule is CCSc1cccc(NCC2CCNCC2)c1C#N. The van der Waals surface area contributed by atoms with Gasteiger partial charge in [0.15, 0.2) is 0 Å². The molecule has 0 aromatic heterocycles. The number of benzene rings is 1. The Hall–Kier alpha value is -1.18. The molecule has 1 aromatic rings. The summed E-state index contributed by atoms with van der Waals surface area (Å²) >= 11 is 1.73. The summed E-state index contributed by atoms with van der Waals surface area (Å²) in [4.78, 5) is 1.08. The number of hydrogen-bond donors (Lipinski definition) is 2. The van der Waals surface area contributed by atoms with Gasteiger partial charge in [-0.05, 0) is 49.7 Å². The Bertz CT molecular complexity index is 447. The van der Waals surface area contributed by atoms with E-state index in [-0.39, 0.29) is 0 Å². The van der Waals surface area contributed by atoms with Crippen LogP contribution in [0.4, 0.5) is 5.69 Å². The van der Waals surface area contributed by atoms with Crippen molar-refractivity contribution < 1.29 is 0 Å². The standard InChI is InChI=1S/C15H21N3S/c1-2-19-15-5-3-4-14(13(15)10-16)18-11-12-6-8-17-9-7-12/h3-5,12,17-18H,2,6-9,11H2,1H3. The van der Waals surface area contributed by atoms with Crippen molar-refractivity contribution in [3.05, 3.63) is 23.8 Å². The minimum absolute atomic E-state index is 0.718. The van der Waals surface area contributed by atoms with Gasteiger partial charge < -0.3 is 10.6 Å². The highest BCUT2D eigenvalue weighted by Gasteiger charge is 2.14. The zero-order valence-corrected chi connectivity index (χ0v) is 12.2. The third-order valence-corrected chi connectivity index (χ3v) is 4.42. The highest BCUT2D eigenvalue weighted by Crippen LogP contribution is 2.28. The molecule has 1 aliphatic heterocycles. The van der Waals surface area contributed by atoms with Crippen LogP contribution in [0.5, 0.6) is 0 Å². The van der Waals surface area contributed by atoms with E-state index in [4.69, 9.17) is 0 Å². The normalized spacial score (nSPS) is 16.0. The highest BCUT2D eigenvalue weighted by atomic mass is 32.2. The minimum atomic E-state index is 0.718. The third-order valence-electron chi connectivity index (χ3n) is 3.48. The van der Waals surface area contributed by atoms with Gasteiger partial charge in [-0.3, -0.25) is 0 Å². The van der Waals surface area contributed by atoms with E-state index in [1.54, 1.807) is 11.8 Å². The Labute approximate surface area is 119 Å². The van der Waals surface area contributed by atoms with Gasteiger partial charge in [0.2, 0.25) is 0 Å². The van der Waals surface area contributed by atoms with Gasteiger partial charge in [0.1, 0.15) is 6.07 Å². The second kappa shape index (κ2) is 7.42. The van der Waals surface area contributed by atoms with Crippen LogP contribution in [0.15, 0.2) is 23.1 Å². The summed E-state index contributed by atoms with van der Waals surface area (Å²) < 4.78 is 0. The average Bonchev–Trinajstić information content (AvgIpc) is 2.46. The van der Waals surface area contributed by atoms with E-state index < -0.39 is 0 Å². The molecule has 3 nitrogen and oxygen atoms in total. The molecule has 1 aliphatic rings. The molecule has 1 fully saturated rings. The van der Waals surface area contributed by atoms with Crippen LogP contribution in [0.1, 0.15) is 25.3 Å². The molecule has 0 saturated carbocycles. The smallest absolute Gasteiger partial charge is 0.102 e. The van der Waals surface area contributed by atoms with Gasteiger partial charge in [0.25, 0.3) is 0 Å². The fourth-order valence-corrected chi connectivity index (χ4v) is 3.20. The van der Waals surface area contributed by atoms with E-state index in [2.05, 4.69) is 23.6 Å². The molecular weight excluding hydrogens is 254 g/mol. The predicted octanol–water partition coefficient (Wildman–Crippen LogP) is 3.08. The fourth-order valence-electron chi connectivity index (χ4n) is 2.41. The molecule has 1 aromatic carbocycles. The number of nitrogens with zero attached hydrogens (tertiary/aromatic N) is 1. The van der Waals surface area contributed by atoms with Gasteiger partial charge in [-0.15, -0.1) is 11.8 Å². The minimum Gasteiger partial charge on any atom is -0.384 e. The molecule has 1 heterocycles. The van der Waals surface area contributed by atoms with Crippen molar-refractivity contribution in [3.8, 4) is 6.07 Å². The summed E-state index contributed by atoms with van der Waals surface area (Å²) in [5.41, 5.74) is 1.78. The largest absolute Gasteiger partial charge is 0.384 e. The Morgan fingerprint density at radius 3 is 2.89 bits per heavy atom. The van der Waals surface area contributed by atoms with Crippen LogP contribution in [0.25, 0.3) is 0 Å². The highest BCUT2D eigenvalue weighted by molar-refractivity contribution is 7.99. The molecule has 0 radical (unpaired) electrons. The molecule has 2 rings (SSSR count). The van der Waals surface area contributed by atoms with E-state index >= 15 is 0 Å². The Balaban J connectivity index is 2.02. The zero-order valence-electron chi connectivity index (χ0n) is 11.4. The van der Waals surface area contributed by atoms with Gasteiger partial charge in [-0.2, -0.15) is 5.26 Å². The van der Waals surface area contributed by atoms with Crippen molar-refractivity contribution in [1.82, 2.24) is 5.32 Å². The first-order chi connectivity index (χ1) is 9.35. The van der Waals surface area contributed by atoms with Crippen LogP contribution in [0, 0.1) is 17.2 Å². The van der Waals surface area contributed by atoms with E-state index in [1.807, 2.05) is 18.2 Å². The van der Waals surface area contributed by atoms with Gasteiger partial charge in [-0.25, -0.2) is 0 Å². The predicted molar refractivity (Wildman–Crippen MR) is 81.6 cm³/mol. The van der Waals surface area contributed by atoms with Crippen molar-refractivity contribution in [2.24, 2.45) is 5.92 Å². The zero-order chi connectivity index (χ0) is 13.5. The molecule has 0 amide bonds. The van der Waals surface area contributed by atoms with Crippen molar-refractivity contribution in [2.75, 3.05) is 30.7 Å². The molecular formula is C15H21N3S. The summed E-state index contributed by atoms with van der Waals surface area (Å²) in [5, 5.41) is 16.2. The van der Waals surface area contributed by atoms with Crippen LogP contribution >= 0.6 is 11.8 Å². The van der Waals surface area contributed by atoms with E-state index in [1.165, 1.54) is 12.8 Å². The Morgan fingerprint density at radius 1 is 1.42 bits per heavy atom. The Morgan fingerprint density at radius 2 is 2.21 bits per heavy atom. The van der Waals surface area contributed by atoms with Crippen LogP contribution in [-0.2, 0) is 0 Å². The molecule has 0 aliphatic carbocycles. The second-order valence-corrected chi connectivity index (χ2v) is 6.10. The first-order valence-corrected chi connectivity index (χ1v) is 7.94. The molecule has 0 spiro atoms. The lowest BCUT2D eigenvalue weighted by molar-refractivity contribution is 0.390. The first kappa shape index (κ1) is 14.2. The third kappa shape index (κ3) is 3.89. The second-order valence-electron chi connectivity index (χ2n) is 4.80. The van der Waals surface area contributed by atoms with Crippen LogP contribution in [0.3, 0.4) is 0 Å². The molecule has 0 unspecified atom stereocenters. The topological polar surface area (TPSA) is 47.8 Å². The maximum atomic E-state index is 9.35. The summed E-state index contributed by atoms with van der Waals surface area (Å²) in [7, 11) is 0. The van der Waals surface area contributed by atoms with E-state index in [9.17, 15) is 5.26 Å². The fraction of sp³-hybridized carbons (Fsp3) is 0.533. The summed E-state index contributed by atoms with van der Waals surface area (Å²) in [6, 6.07) is 8.42. The number of anilines is 1. The molecule has 1 saturated heterocycles. The van der Waals surface area contributed by atoms with Crippen molar-refractivity contribution >= 4 is 17.4 Å². The van der Waals surface area contributed by atoms with E-state index in [0.717, 1.165) is 47.5 Å². The number of rotatable bonds is 5. The number of nitriles is 1. The van der Waals surface area contributed by atoms with Gasteiger partial charge in [0, 0.05) is 11.4 Å². The molecule has 19 heavy (non-hydrogen) atoms. The first-order valence-electron chi connectivity index (χ1n) is 6.95. The molecule has 0 atom stereocenters. The van der Waals surface area contributed by atoms with Gasteiger partial charge >= 0.3 is 0 Å². The molecule has 102 valence electrons. The lowest BCUT2D eigenvalue weighted by atomic mass is 9.98. The summed E-state index contributed by atoms with van der Waals surface area (Å²) in [6.07, 6.45) is 2.44. The van der Waals surface area contributed by atoms with Crippen LogP contribution in [0.2, 0.25) is 0 Å². The van der Waals surface area contributed by atoms with Gasteiger partial charge in [-0.1, -0.05) is 13.0 Å². The van der Waals surface area contributed by atoms with Crippen molar-refractivity contribution in [2.45, 2.75) is 24.7 Å².